The molecule has 4 heteroatoms. The molecule has 112 valence electrons. The topological polar surface area (TPSA) is 59.7 Å². The highest BCUT2D eigenvalue weighted by Gasteiger charge is 2.16. The third kappa shape index (κ3) is 2.81. The minimum Gasteiger partial charge on any atom is -0.479 e. The summed E-state index contributed by atoms with van der Waals surface area (Å²) in [4.78, 5) is 11.0. The second-order valence-electron chi connectivity index (χ2n) is 5.03. The highest BCUT2D eigenvalue weighted by Crippen LogP contribution is 2.29. The maximum Gasteiger partial charge on any atom is 0.344 e. The summed E-state index contributed by atoms with van der Waals surface area (Å²) in [7, 11) is 0. The summed E-state index contributed by atoms with van der Waals surface area (Å²) in [5.74, 6) is 0.357. The number of benzene rings is 2. The van der Waals surface area contributed by atoms with Crippen molar-refractivity contribution in [3.05, 3.63) is 54.6 Å². The Kier molecular flexibility index (Phi) is 3.83. The Morgan fingerprint density at radius 1 is 1.18 bits per heavy atom. The zero-order valence-corrected chi connectivity index (χ0v) is 12.2. The molecule has 1 heterocycles. The van der Waals surface area contributed by atoms with Gasteiger partial charge in [0.2, 0.25) is 0 Å². The molecule has 0 aliphatic heterocycles. The van der Waals surface area contributed by atoms with E-state index in [4.69, 9.17) is 14.3 Å². The molecular formula is C18H16O4. The molecule has 1 atom stereocenters. The predicted octanol–water partition coefficient (Wildman–Crippen LogP) is 4.34. The standard InChI is InChI=1S/C18H16O4/c1-2-15(18(19)20)21-14-9-7-12(8-10-14)17-11-13-5-3-4-6-16(13)22-17/h3-11,15H,2H2,1H3,(H,19,20). The van der Waals surface area contributed by atoms with Crippen LogP contribution in [0.1, 0.15) is 13.3 Å². The van der Waals surface area contributed by atoms with Gasteiger partial charge in [-0.3, -0.25) is 0 Å². The third-order valence-electron chi connectivity index (χ3n) is 3.49. The molecule has 1 N–H and O–H groups in total. The fraction of sp³-hybridized carbons (Fsp3) is 0.167. The van der Waals surface area contributed by atoms with E-state index in [2.05, 4.69) is 0 Å². The fourth-order valence-corrected chi connectivity index (χ4v) is 2.29. The molecule has 0 spiro atoms. The lowest BCUT2D eigenvalue weighted by atomic mass is 10.1. The molecule has 3 aromatic rings. The molecule has 0 saturated heterocycles. The average molecular weight is 296 g/mol. The summed E-state index contributed by atoms with van der Waals surface area (Å²) in [6, 6.07) is 17.1. The highest BCUT2D eigenvalue weighted by atomic mass is 16.5. The maximum atomic E-state index is 11.0. The number of hydrogen-bond donors (Lipinski definition) is 1. The molecule has 1 unspecified atom stereocenters. The van der Waals surface area contributed by atoms with E-state index in [-0.39, 0.29) is 0 Å². The summed E-state index contributed by atoms with van der Waals surface area (Å²) in [6.07, 6.45) is -0.405. The van der Waals surface area contributed by atoms with Crippen LogP contribution < -0.4 is 4.74 Å². The van der Waals surface area contributed by atoms with Crippen molar-refractivity contribution in [2.45, 2.75) is 19.4 Å². The van der Waals surface area contributed by atoms with Crippen molar-refractivity contribution in [2.24, 2.45) is 0 Å². The Bertz CT molecular complexity index is 753. The van der Waals surface area contributed by atoms with Crippen molar-refractivity contribution >= 4 is 16.9 Å². The van der Waals surface area contributed by atoms with Gasteiger partial charge in [-0.2, -0.15) is 0 Å². The number of carboxylic acid groups (broad SMARTS) is 1. The lowest BCUT2D eigenvalue weighted by Gasteiger charge is -2.13. The first-order valence-corrected chi connectivity index (χ1v) is 7.16. The van der Waals surface area contributed by atoms with E-state index in [1.54, 1.807) is 19.1 Å². The second kappa shape index (κ2) is 5.93. The van der Waals surface area contributed by atoms with Gasteiger partial charge in [0.15, 0.2) is 6.10 Å². The quantitative estimate of drug-likeness (QED) is 0.760. The number of fused-ring (bicyclic) bond motifs is 1. The predicted molar refractivity (Wildman–Crippen MR) is 84.0 cm³/mol. The molecule has 0 saturated carbocycles. The van der Waals surface area contributed by atoms with Crippen LogP contribution in [0.2, 0.25) is 0 Å². The number of ether oxygens (including phenoxy) is 1. The normalized spacial score (nSPS) is 12.2. The molecule has 2 aromatic carbocycles. The first-order valence-electron chi connectivity index (χ1n) is 7.16. The lowest BCUT2D eigenvalue weighted by Crippen LogP contribution is -2.25. The number of para-hydroxylation sites is 1. The molecule has 1 aromatic heterocycles. The van der Waals surface area contributed by atoms with Gasteiger partial charge in [0.05, 0.1) is 0 Å². The van der Waals surface area contributed by atoms with Gasteiger partial charge in [-0.25, -0.2) is 4.79 Å². The Hall–Kier alpha value is -2.75. The van der Waals surface area contributed by atoms with E-state index in [9.17, 15) is 4.79 Å². The molecule has 4 nitrogen and oxygen atoms in total. The van der Waals surface area contributed by atoms with Crippen molar-refractivity contribution in [1.29, 1.82) is 0 Å². The SMILES string of the molecule is CCC(Oc1ccc(-c2cc3ccccc3o2)cc1)C(=O)O. The number of carboxylic acids is 1. The molecule has 0 radical (unpaired) electrons. The second-order valence-corrected chi connectivity index (χ2v) is 5.03. The van der Waals surface area contributed by atoms with E-state index in [1.165, 1.54) is 0 Å². The summed E-state index contributed by atoms with van der Waals surface area (Å²) in [5, 5.41) is 10.1. The molecule has 0 aliphatic carbocycles. The van der Waals surface area contributed by atoms with E-state index >= 15 is 0 Å². The van der Waals surface area contributed by atoms with Crippen molar-refractivity contribution < 1.29 is 19.1 Å². The van der Waals surface area contributed by atoms with Crippen LogP contribution in [-0.2, 0) is 4.79 Å². The summed E-state index contributed by atoms with van der Waals surface area (Å²) in [5.41, 5.74) is 1.77. The minimum absolute atomic E-state index is 0.417. The largest absolute Gasteiger partial charge is 0.479 e. The van der Waals surface area contributed by atoms with E-state index in [0.29, 0.717) is 12.2 Å². The van der Waals surface area contributed by atoms with Gasteiger partial charge in [-0.1, -0.05) is 25.1 Å². The Morgan fingerprint density at radius 2 is 1.91 bits per heavy atom. The molecule has 0 amide bonds. The van der Waals surface area contributed by atoms with Crippen LogP contribution in [-0.4, -0.2) is 17.2 Å². The van der Waals surface area contributed by atoms with Crippen LogP contribution in [0.4, 0.5) is 0 Å². The first kappa shape index (κ1) is 14.2. The number of aliphatic carboxylic acids is 1. The summed E-state index contributed by atoms with van der Waals surface area (Å²) in [6.45, 7) is 1.78. The van der Waals surface area contributed by atoms with E-state index < -0.39 is 12.1 Å². The fourth-order valence-electron chi connectivity index (χ4n) is 2.29. The lowest BCUT2D eigenvalue weighted by molar-refractivity contribution is -0.145. The van der Waals surface area contributed by atoms with Crippen LogP contribution in [0.15, 0.2) is 59.0 Å². The first-order chi connectivity index (χ1) is 10.7. The van der Waals surface area contributed by atoms with Crippen molar-refractivity contribution in [2.75, 3.05) is 0 Å². The van der Waals surface area contributed by atoms with Gasteiger partial charge in [-0.15, -0.1) is 0 Å². The highest BCUT2D eigenvalue weighted by molar-refractivity contribution is 5.82. The van der Waals surface area contributed by atoms with Gasteiger partial charge in [0.25, 0.3) is 0 Å². The Labute approximate surface area is 127 Å². The number of carbonyl (C=O) groups is 1. The molecule has 0 aliphatic rings. The van der Waals surface area contributed by atoms with Crippen LogP contribution >= 0.6 is 0 Å². The summed E-state index contributed by atoms with van der Waals surface area (Å²) >= 11 is 0. The number of hydrogen-bond acceptors (Lipinski definition) is 3. The molecule has 0 fully saturated rings. The van der Waals surface area contributed by atoms with Gasteiger partial charge in [-0.05, 0) is 42.8 Å². The zero-order valence-electron chi connectivity index (χ0n) is 12.2. The number of rotatable bonds is 5. The van der Waals surface area contributed by atoms with Crippen molar-refractivity contribution in [3.8, 4) is 17.1 Å². The zero-order chi connectivity index (χ0) is 15.5. The third-order valence-corrected chi connectivity index (χ3v) is 3.49. The van der Waals surface area contributed by atoms with Gasteiger partial charge < -0.3 is 14.3 Å². The van der Waals surface area contributed by atoms with E-state index in [1.807, 2.05) is 42.5 Å². The summed E-state index contributed by atoms with van der Waals surface area (Å²) < 4.78 is 11.2. The molecule has 3 rings (SSSR count). The van der Waals surface area contributed by atoms with Crippen LogP contribution in [0.25, 0.3) is 22.3 Å². The van der Waals surface area contributed by atoms with Gasteiger partial charge in [0, 0.05) is 10.9 Å². The van der Waals surface area contributed by atoms with Gasteiger partial charge in [0.1, 0.15) is 17.1 Å². The van der Waals surface area contributed by atoms with Gasteiger partial charge >= 0.3 is 5.97 Å². The minimum atomic E-state index is -0.955. The molecule has 0 bridgehead atoms. The van der Waals surface area contributed by atoms with Crippen LogP contribution in [0.3, 0.4) is 0 Å². The maximum absolute atomic E-state index is 11.0. The van der Waals surface area contributed by atoms with Crippen LogP contribution in [0, 0.1) is 0 Å². The number of furan rings is 1. The Morgan fingerprint density at radius 3 is 2.55 bits per heavy atom. The van der Waals surface area contributed by atoms with Crippen molar-refractivity contribution in [1.82, 2.24) is 0 Å². The molecule has 22 heavy (non-hydrogen) atoms. The van der Waals surface area contributed by atoms with E-state index in [0.717, 1.165) is 22.3 Å². The smallest absolute Gasteiger partial charge is 0.344 e. The monoisotopic (exact) mass is 296 g/mol. The Balaban J connectivity index is 1.83. The van der Waals surface area contributed by atoms with Crippen molar-refractivity contribution in [3.63, 3.8) is 0 Å². The average Bonchev–Trinajstić information content (AvgIpc) is 2.97. The molecular weight excluding hydrogens is 280 g/mol. The van der Waals surface area contributed by atoms with Crippen LogP contribution in [0.5, 0.6) is 5.75 Å².